The summed E-state index contributed by atoms with van der Waals surface area (Å²) >= 11 is 1.68. The van der Waals surface area contributed by atoms with Crippen LogP contribution in [0.3, 0.4) is 0 Å². The molecule has 2 aromatic heterocycles. The topological polar surface area (TPSA) is 74.2 Å². The quantitative estimate of drug-likeness (QED) is 0.443. The molecule has 0 spiro atoms. The van der Waals surface area contributed by atoms with E-state index in [-0.39, 0.29) is 17.6 Å². The molecule has 5 rings (SSSR count). The van der Waals surface area contributed by atoms with Gasteiger partial charge in [-0.1, -0.05) is 19.1 Å². The van der Waals surface area contributed by atoms with E-state index >= 15 is 0 Å². The number of likely N-dealkylation sites (tertiary alicyclic amines) is 2. The average Bonchev–Trinajstić information content (AvgIpc) is 3.26. The Bertz CT molecular complexity index is 1220. The molecular weight excluding hydrogens is 470 g/mol. The first-order chi connectivity index (χ1) is 17.6. The highest BCUT2D eigenvalue weighted by molar-refractivity contribution is 7.99. The van der Waals surface area contributed by atoms with Gasteiger partial charge in [-0.2, -0.15) is 0 Å². The number of imidazole rings is 1. The van der Waals surface area contributed by atoms with Crippen molar-refractivity contribution < 1.29 is 4.79 Å². The number of aromatic nitrogens is 3. The minimum absolute atomic E-state index is 0.0123. The Morgan fingerprint density at radius 1 is 1.06 bits per heavy atom. The minimum atomic E-state index is 0.0123. The van der Waals surface area contributed by atoms with Crippen LogP contribution in [-0.2, 0) is 0 Å². The van der Waals surface area contributed by atoms with Gasteiger partial charge in [-0.25, -0.2) is 9.78 Å². The lowest BCUT2D eigenvalue weighted by Gasteiger charge is -2.35. The molecule has 0 unspecified atom stereocenters. The van der Waals surface area contributed by atoms with Crippen molar-refractivity contribution in [3.63, 3.8) is 0 Å². The number of benzene rings is 1. The van der Waals surface area contributed by atoms with E-state index in [4.69, 9.17) is 0 Å². The van der Waals surface area contributed by atoms with Crippen molar-refractivity contribution in [3.05, 3.63) is 58.6 Å². The molecule has 0 atom stereocenters. The van der Waals surface area contributed by atoms with Crippen molar-refractivity contribution in [3.8, 4) is 0 Å². The van der Waals surface area contributed by atoms with Gasteiger partial charge in [-0.3, -0.25) is 9.36 Å². The van der Waals surface area contributed by atoms with Crippen LogP contribution in [0.15, 0.2) is 52.4 Å². The molecule has 7 nitrogen and oxygen atoms in total. The molecule has 1 N–H and O–H groups in total. The maximum atomic E-state index is 13.2. The second-order valence-corrected chi connectivity index (χ2v) is 11.2. The van der Waals surface area contributed by atoms with E-state index in [1.807, 2.05) is 45.9 Å². The summed E-state index contributed by atoms with van der Waals surface area (Å²) in [7, 11) is 0. The average molecular weight is 508 g/mol. The summed E-state index contributed by atoms with van der Waals surface area (Å²) in [4.78, 5) is 37.7. The van der Waals surface area contributed by atoms with Gasteiger partial charge in [-0.15, -0.1) is 11.8 Å². The molecule has 0 radical (unpaired) electrons. The van der Waals surface area contributed by atoms with Crippen LogP contribution in [0.1, 0.15) is 61.8 Å². The molecule has 0 bridgehead atoms. The Hall–Kier alpha value is -2.58. The standard InChI is InChI=1S/C28H37N5O2S/c1-2-20-36-26-23(6-5-14-29-26)27(34)32-18-10-21(11-19-32)9-15-31-16-12-22(13-17-31)33-25-8-4-3-7-24(25)30-28(33)35/h3-8,14,21-22H,2,9-13,15-20H2,1H3,(H,30,35). The van der Waals surface area contributed by atoms with Crippen molar-refractivity contribution >= 4 is 28.7 Å². The van der Waals surface area contributed by atoms with E-state index in [0.717, 1.165) is 92.2 Å². The Kier molecular flexibility index (Phi) is 8.12. The van der Waals surface area contributed by atoms with Crippen LogP contribution in [0, 0.1) is 5.92 Å². The third-order valence-corrected chi connectivity index (χ3v) is 8.96. The molecule has 192 valence electrons. The maximum absolute atomic E-state index is 13.2. The van der Waals surface area contributed by atoms with Crippen molar-refractivity contribution in [2.45, 2.75) is 56.5 Å². The van der Waals surface area contributed by atoms with Crippen molar-refractivity contribution in [2.75, 3.05) is 38.5 Å². The van der Waals surface area contributed by atoms with Gasteiger partial charge in [0, 0.05) is 38.4 Å². The number of pyridine rings is 1. The van der Waals surface area contributed by atoms with Crippen LogP contribution in [-0.4, -0.2) is 68.7 Å². The number of rotatable bonds is 8. The largest absolute Gasteiger partial charge is 0.339 e. The molecule has 8 heteroatoms. The number of para-hydroxylation sites is 2. The van der Waals surface area contributed by atoms with Crippen LogP contribution in [0.4, 0.5) is 0 Å². The number of thioether (sulfide) groups is 1. The maximum Gasteiger partial charge on any atom is 0.326 e. The third kappa shape index (κ3) is 5.54. The fraction of sp³-hybridized carbons (Fsp3) is 0.536. The fourth-order valence-corrected chi connectivity index (χ4v) is 6.51. The number of aromatic amines is 1. The summed E-state index contributed by atoms with van der Waals surface area (Å²) in [5, 5.41) is 0.866. The monoisotopic (exact) mass is 507 g/mol. The SMILES string of the molecule is CCCSc1ncccc1C(=O)N1CCC(CCN2CCC(n3c(=O)[nH]c4ccccc43)CC2)CC1. The zero-order valence-corrected chi connectivity index (χ0v) is 22.0. The molecule has 36 heavy (non-hydrogen) atoms. The Balaban J connectivity index is 1.08. The summed E-state index contributed by atoms with van der Waals surface area (Å²) in [6, 6.07) is 12.0. The van der Waals surface area contributed by atoms with Crippen molar-refractivity contribution in [1.29, 1.82) is 0 Å². The molecule has 1 amide bonds. The van der Waals surface area contributed by atoms with Gasteiger partial charge >= 0.3 is 5.69 Å². The van der Waals surface area contributed by atoms with Gasteiger partial charge in [0.15, 0.2) is 0 Å². The van der Waals surface area contributed by atoms with E-state index in [0.29, 0.717) is 5.92 Å². The zero-order chi connectivity index (χ0) is 24.9. The summed E-state index contributed by atoms with van der Waals surface area (Å²) in [6.07, 6.45) is 8.21. The number of hydrogen-bond acceptors (Lipinski definition) is 5. The summed E-state index contributed by atoms with van der Waals surface area (Å²) in [5.74, 6) is 1.79. The number of carbonyl (C=O) groups is 1. The first-order valence-electron chi connectivity index (χ1n) is 13.4. The number of amides is 1. The molecule has 2 aliphatic heterocycles. The molecule has 2 fully saturated rings. The van der Waals surface area contributed by atoms with E-state index < -0.39 is 0 Å². The molecular formula is C28H37N5O2S. The highest BCUT2D eigenvalue weighted by Crippen LogP contribution is 2.28. The van der Waals surface area contributed by atoms with Gasteiger partial charge in [0.25, 0.3) is 5.91 Å². The second kappa shape index (κ2) is 11.6. The zero-order valence-electron chi connectivity index (χ0n) is 21.2. The minimum Gasteiger partial charge on any atom is -0.339 e. The van der Waals surface area contributed by atoms with Gasteiger partial charge in [0.05, 0.1) is 16.6 Å². The molecule has 2 saturated heterocycles. The number of hydrogen-bond donors (Lipinski definition) is 1. The van der Waals surface area contributed by atoms with E-state index in [2.05, 4.69) is 21.8 Å². The highest BCUT2D eigenvalue weighted by atomic mass is 32.2. The predicted octanol–water partition coefficient (Wildman–Crippen LogP) is 4.81. The number of nitrogens with zero attached hydrogens (tertiary/aromatic N) is 4. The Morgan fingerprint density at radius 2 is 1.83 bits per heavy atom. The molecule has 4 heterocycles. The van der Waals surface area contributed by atoms with Crippen molar-refractivity contribution in [2.24, 2.45) is 5.92 Å². The van der Waals surface area contributed by atoms with Gasteiger partial charge < -0.3 is 14.8 Å². The van der Waals surface area contributed by atoms with Crippen LogP contribution in [0.5, 0.6) is 0 Å². The van der Waals surface area contributed by atoms with Crippen LogP contribution >= 0.6 is 11.8 Å². The number of nitrogens with one attached hydrogen (secondary N) is 1. The van der Waals surface area contributed by atoms with Gasteiger partial charge in [-0.05, 0) is 81.0 Å². The normalized spacial score (nSPS) is 18.2. The first kappa shape index (κ1) is 25.1. The van der Waals surface area contributed by atoms with E-state index in [1.54, 1.807) is 18.0 Å². The second-order valence-electron chi connectivity index (χ2n) is 10.1. The van der Waals surface area contributed by atoms with Crippen LogP contribution in [0.25, 0.3) is 11.0 Å². The van der Waals surface area contributed by atoms with Crippen LogP contribution < -0.4 is 5.69 Å². The van der Waals surface area contributed by atoms with E-state index in [9.17, 15) is 9.59 Å². The lowest BCUT2D eigenvalue weighted by atomic mass is 9.92. The molecule has 1 aromatic carbocycles. The lowest BCUT2D eigenvalue weighted by Crippen LogP contribution is -2.41. The molecule has 3 aromatic rings. The van der Waals surface area contributed by atoms with Crippen molar-refractivity contribution in [1.82, 2.24) is 24.3 Å². The predicted molar refractivity (Wildman–Crippen MR) is 146 cm³/mol. The smallest absolute Gasteiger partial charge is 0.326 e. The summed E-state index contributed by atoms with van der Waals surface area (Å²) in [5.41, 5.74) is 2.71. The van der Waals surface area contributed by atoms with Crippen LogP contribution in [0.2, 0.25) is 0 Å². The van der Waals surface area contributed by atoms with Gasteiger partial charge in [0.2, 0.25) is 0 Å². The number of carbonyl (C=O) groups excluding carboxylic acids is 1. The third-order valence-electron chi connectivity index (χ3n) is 7.75. The first-order valence-corrected chi connectivity index (χ1v) is 14.4. The Labute approximate surface area is 217 Å². The van der Waals surface area contributed by atoms with E-state index in [1.165, 1.54) is 6.42 Å². The molecule has 0 aliphatic carbocycles. The molecule has 2 aliphatic rings. The number of fused-ring (bicyclic) bond motifs is 1. The number of piperidine rings is 2. The summed E-state index contributed by atoms with van der Waals surface area (Å²) in [6.45, 7) is 6.99. The van der Waals surface area contributed by atoms with Gasteiger partial charge in [0.1, 0.15) is 5.03 Å². The highest BCUT2D eigenvalue weighted by Gasteiger charge is 2.27. The lowest BCUT2D eigenvalue weighted by molar-refractivity contribution is 0.0673. The fourth-order valence-electron chi connectivity index (χ4n) is 5.67. The molecule has 0 saturated carbocycles. The summed E-state index contributed by atoms with van der Waals surface area (Å²) < 4.78 is 1.97. The Morgan fingerprint density at radius 3 is 2.61 bits per heavy atom. The number of H-pyrrole nitrogens is 1.